The van der Waals surface area contributed by atoms with Gasteiger partial charge in [0, 0.05) is 26.8 Å². The standard InChI is InChI=1S/C25H30N2O6/c1-16(10-11-20-8-6-5-7-9-20)27(17(2)28)15-24(33-19(4)30)21-12-13-23(32-18(3)29)22(14-21)25(26)31/h5-9,12-14,16,24H,10-11,15H2,1-4H3,(H2,26,31). The van der Waals surface area contributed by atoms with Crippen LogP contribution in [0, 0.1) is 0 Å². The number of nitrogens with two attached hydrogens (primary N) is 1. The molecule has 0 saturated carbocycles. The van der Waals surface area contributed by atoms with Crippen molar-refractivity contribution in [3.63, 3.8) is 0 Å². The molecule has 2 amide bonds. The van der Waals surface area contributed by atoms with E-state index in [0.29, 0.717) is 12.0 Å². The number of hydrogen-bond donors (Lipinski definition) is 1. The van der Waals surface area contributed by atoms with Gasteiger partial charge in [0.2, 0.25) is 5.91 Å². The van der Waals surface area contributed by atoms with Gasteiger partial charge < -0.3 is 20.1 Å². The van der Waals surface area contributed by atoms with Gasteiger partial charge in [-0.1, -0.05) is 36.4 Å². The van der Waals surface area contributed by atoms with Crippen molar-refractivity contribution in [1.29, 1.82) is 0 Å². The van der Waals surface area contributed by atoms with Crippen molar-refractivity contribution in [2.75, 3.05) is 6.54 Å². The molecule has 2 aromatic carbocycles. The summed E-state index contributed by atoms with van der Waals surface area (Å²) >= 11 is 0. The molecule has 0 fully saturated rings. The highest BCUT2D eigenvalue weighted by Gasteiger charge is 2.26. The van der Waals surface area contributed by atoms with E-state index in [-0.39, 0.29) is 29.8 Å². The Balaban J connectivity index is 2.29. The Morgan fingerprint density at radius 2 is 1.64 bits per heavy atom. The van der Waals surface area contributed by atoms with E-state index < -0.39 is 23.9 Å². The van der Waals surface area contributed by atoms with E-state index in [1.54, 1.807) is 11.0 Å². The third kappa shape index (κ3) is 7.75. The van der Waals surface area contributed by atoms with Crippen LogP contribution in [0.2, 0.25) is 0 Å². The fourth-order valence-electron chi connectivity index (χ4n) is 3.57. The summed E-state index contributed by atoms with van der Waals surface area (Å²) in [5, 5.41) is 0. The molecule has 0 heterocycles. The molecule has 0 spiro atoms. The fraction of sp³-hybridized carbons (Fsp3) is 0.360. The first-order chi connectivity index (χ1) is 15.6. The Kier molecular flexibility index (Phi) is 9.15. The number of aryl methyl sites for hydroxylation is 1. The van der Waals surface area contributed by atoms with Gasteiger partial charge in [-0.2, -0.15) is 0 Å². The third-order valence-corrected chi connectivity index (χ3v) is 5.20. The van der Waals surface area contributed by atoms with E-state index in [1.165, 1.54) is 32.9 Å². The minimum Gasteiger partial charge on any atom is -0.456 e. The van der Waals surface area contributed by atoms with Crippen LogP contribution in [0.5, 0.6) is 5.75 Å². The highest BCUT2D eigenvalue weighted by atomic mass is 16.5. The van der Waals surface area contributed by atoms with Crippen molar-refractivity contribution in [1.82, 2.24) is 4.90 Å². The first-order valence-electron chi connectivity index (χ1n) is 10.7. The van der Waals surface area contributed by atoms with Crippen LogP contribution in [0.1, 0.15) is 61.7 Å². The molecule has 0 radical (unpaired) electrons. The normalized spacial score (nSPS) is 12.4. The van der Waals surface area contributed by atoms with Crippen molar-refractivity contribution in [3.8, 4) is 5.75 Å². The molecule has 0 aliphatic heterocycles. The molecule has 176 valence electrons. The van der Waals surface area contributed by atoms with Gasteiger partial charge in [0.15, 0.2) is 0 Å². The SMILES string of the molecule is CC(=O)Oc1ccc(C(CN(C(C)=O)C(C)CCc2ccccc2)OC(C)=O)cc1C(N)=O. The van der Waals surface area contributed by atoms with Crippen LogP contribution in [-0.4, -0.2) is 41.2 Å². The number of esters is 2. The van der Waals surface area contributed by atoms with E-state index in [2.05, 4.69) is 0 Å². The number of benzene rings is 2. The van der Waals surface area contributed by atoms with Crippen LogP contribution in [0.4, 0.5) is 0 Å². The van der Waals surface area contributed by atoms with Gasteiger partial charge in [0.05, 0.1) is 12.1 Å². The van der Waals surface area contributed by atoms with Crippen molar-refractivity contribution >= 4 is 23.8 Å². The number of carbonyl (C=O) groups excluding carboxylic acids is 4. The molecule has 8 heteroatoms. The van der Waals surface area contributed by atoms with Crippen LogP contribution in [0.15, 0.2) is 48.5 Å². The van der Waals surface area contributed by atoms with Crippen LogP contribution in [0.3, 0.4) is 0 Å². The van der Waals surface area contributed by atoms with Crippen molar-refractivity contribution in [3.05, 3.63) is 65.2 Å². The van der Waals surface area contributed by atoms with Crippen LogP contribution < -0.4 is 10.5 Å². The van der Waals surface area contributed by atoms with Gasteiger partial charge in [-0.3, -0.25) is 19.2 Å². The third-order valence-electron chi connectivity index (χ3n) is 5.20. The molecule has 0 bridgehead atoms. The number of carbonyl (C=O) groups is 4. The lowest BCUT2D eigenvalue weighted by molar-refractivity contribution is -0.150. The monoisotopic (exact) mass is 454 g/mol. The average Bonchev–Trinajstić information content (AvgIpc) is 2.75. The minimum absolute atomic E-state index is 0.0139. The summed E-state index contributed by atoms with van der Waals surface area (Å²) in [4.78, 5) is 49.1. The molecule has 2 aromatic rings. The van der Waals surface area contributed by atoms with Crippen molar-refractivity contribution < 1.29 is 28.7 Å². The fourth-order valence-corrected chi connectivity index (χ4v) is 3.57. The number of nitrogens with zero attached hydrogens (tertiary/aromatic N) is 1. The van der Waals surface area contributed by atoms with Gasteiger partial charge in [0.25, 0.3) is 5.91 Å². The summed E-state index contributed by atoms with van der Waals surface area (Å²) in [6.45, 7) is 5.97. The largest absolute Gasteiger partial charge is 0.456 e. The molecule has 2 rings (SSSR count). The Morgan fingerprint density at radius 3 is 2.18 bits per heavy atom. The van der Waals surface area contributed by atoms with Crippen LogP contribution in [-0.2, 0) is 25.5 Å². The lowest BCUT2D eigenvalue weighted by atomic mass is 10.0. The van der Waals surface area contributed by atoms with Gasteiger partial charge in [-0.25, -0.2) is 0 Å². The highest BCUT2D eigenvalue weighted by Crippen LogP contribution is 2.27. The molecule has 0 aromatic heterocycles. The molecular formula is C25H30N2O6. The number of hydrogen-bond acceptors (Lipinski definition) is 6. The zero-order valence-electron chi connectivity index (χ0n) is 19.4. The highest BCUT2D eigenvalue weighted by molar-refractivity contribution is 5.96. The molecule has 8 nitrogen and oxygen atoms in total. The molecule has 2 atom stereocenters. The van der Waals surface area contributed by atoms with E-state index in [9.17, 15) is 19.2 Å². The smallest absolute Gasteiger partial charge is 0.308 e. The Morgan fingerprint density at radius 1 is 0.970 bits per heavy atom. The topological polar surface area (TPSA) is 116 Å². The lowest BCUT2D eigenvalue weighted by Gasteiger charge is -2.32. The van der Waals surface area contributed by atoms with E-state index in [4.69, 9.17) is 15.2 Å². The summed E-state index contributed by atoms with van der Waals surface area (Å²) in [5.74, 6) is -2.09. The predicted octanol–water partition coefficient (Wildman–Crippen LogP) is 3.18. The van der Waals surface area contributed by atoms with Gasteiger partial charge in [-0.05, 0) is 43.0 Å². The molecule has 0 aliphatic rings. The number of primary amides is 1. The molecular weight excluding hydrogens is 424 g/mol. The second-order valence-corrected chi connectivity index (χ2v) is 7.86. The molecule has 0 saturated heterocycles. The zero-order valence-corrected chi connectivity index (χ0v) is 19.4. The maximum absolute atomic E-state index is 12.5. The predicted molar refractivity (Wildman–Crippen MR) is 122 cm³/mol. The number of amides is 2. The zero-order chi connectivity index (χ0) is 24.5. The maximum atomic E-state index is 12.5. The first kappa shape index (κ1) is 25.6. The lowest BCUT2D eigenvalue weighted by Crippen LogP contribution is -2.41. The van der Waals surface area contributed by atoms with Crippen LogP contribution >= 0.6 is 0 Å². The van der Waals surface area contributed by atoms with Crippen molar-refractivity contribution in [2.24, 2.45) is 5.73 Å². The van der Waals surface area contributed by atoms with Crippen molar-refractivity contribution in [2.45, 2.75) is 52.7 Å². The van der Waals surface area contributed by atoms with Gasteiger partial charge >= 0.3 is 11.9 Å². The second kappa shape index (κ2) is 11.8. The Hall–Kier alpha value is -3.68. The van der Waals surface area contributed by atoms with Crippen LogP contribution in [0.25, 0.3) is 0 Å². The van der Waals surface area contributed by atoms with E-state index in [0.717, 1.165) is 12.0 Å². The Labute approximate surface area is 193 Å². The maximum Gasteiger partial charge on any atom is 0.308 e. The Bertz CT molecular complexity index is 1010. The van der Waals surface area contributed by atoms with Gasteiger partial charge in [-0.15, -0.1) is 0 Å². The van der Waals surface area contributed by atoms with Gasteiger partial charge in [0.1, 0.15) is 11.9 Å². The van der Waals surface area contributed by atoms with E-state index >= 15 is 0 Å². The molecule has 2 N–H and O–H groups in total. The summed E-state index contributed by atoms with van der Waals surface area (Å²) in [6.07, 6.45) is 0.663. The molecule has 0 aliphatic carbocycles. The molecule has 2 unspecified atom stereocenters. The summed E-state index contributed by atoms with van der Waals surface area (Å²) in [7, 11) is 0. The first-order valence-corrected chi connectivity index (χ1v) is 10.7. The summed E-state index contributed by atoms with van der Waals surface area (Å²) < 4.78 is 10.5. The molecule has 33 heavy (non-hydrogen) atoms. The number of rotatable bonds is 10. The minimum atomic E-state index is -0.838. The summed E-state index contributed by atoms with van der Waals surface area (Å²) in [6, 6.07) is 14.2. The summed E-state index contributed by atoms with van der Waals surface area (Å²) in [5.41, 5.74) is 7.05. The number of ether oxygens (including phenoxy) is 2. The average molecular weight is 455 g/mol. The van der Waals surface area contributed by atoms with E-state index in [1.807, 2.05) is 37.3 Å². The quantitative estimate of drug-likeness (QED) is 0.435. The second-order valence-electron chi connectivity index (χ2n) is 7.86.